The van der Waals surface area contributed by atoms with Crippen molar-refractivity contribution in [3.05, 3.63) is 71.8 Å². The predicted octanol–water partition coefficient (Wildman–Crippen LogP) is 1.44. The van der Waals surface area contributed by atoms with Gasteiger partial charge in [0.25, 0.3) is 0 Å². The number of rotatable bonds is 1. The number of hydrogen-bond donors (Lipinski definition) is 0. The molecule has 2 aromatic carbocycles. The minimum atomic E-state index is 0.140. The summed E-state index contributed by atoms with van der Waals surface area (Å²) in [4.78, 5) is 0. The molecule has 0 fully saturated rings. The average molecular weight is 378 g/mol. The normalized spacial score (nSPS) is 16.8. The van der Waals surface area contributed by atoms with E-state index < -0.39 is 0 Å². The molecule has 0 aromatic heterocycles. The Labute approximate surface area is 131 Å². The summed E-state index contributed by atoms with van der Waals surface area (Å²) in [6.07, 6.45) is 9.27. The van der Waals surface area contributed by atoms with Gasteiger partial charge in [0, 0.05) is 0 Å². The molecule has 0 nitrogen and oxygen atoms in total. The predicted molar refractivity (Wildman–Crippen MR) is 91.7 cm³/mol. The Bertz CT molecular complexity index is 738. The molecule has 0 saturated heterocycles. The Hall–Kier alpha value is -1.22. The fourth-order valence-corrected chi connectivity index (χ4v) is 7.86. The van der Waals surface area contributed by atoms with Gasteiger partial charge in [-0.15, -0.1) is 0 Å². The molecule has 0 saturated carbocycles. The molecule has 20 heavy (non-hydrogen) atoms. The first-order valence-electron chi connectivity index (χ1n) is 6.62. The van der Waals surface area contributed by atoms with Crippen LogP contribution in [0.3, 0.4) is 0 Å². The molecule has 0 amide bonds. The second kappa shape index (κ2) is 5.28. The fraction of sp³-hybridized carbons (Fsp3) is 0. The topological polar surface area (TPSA) is 0 Å². The van der Waals surface area contributed by atoms with Crippen molar-refractivity contribution >= 4 is 60.1 Å². The zero-order valence-electron chi connectivity index (χ0n) is 10.8. The Balaban J connectivity index is 1.79. The van der Waals surface area contributed by atoms with Crippen LogP contribution in [0.4, 0.5) is 0 Å². The maximum absolute atomic E-state index is 2.35. The summed E-state index contributed by atoms with van der Waals surface area (Å²) in [7, 11) is 0. The van der Waals surface area contributed by atoms with Crippen LogP contribution >= 0.6 is 0 Å². The molecule has 2 heteroatoms. The van der Waals surface area contributed by atoms with Crippen LogP contribution in [0.15, 0.2) is 60.7 Å². The third-order valence-electron chi connectivity index (χ3n) is 3.46. The van der Waals surface area contributed by atoms with Gasteiger partial charge in [0.05, 0.1) is 0 Å². The van der Waals surface area contributed by atoms with Gasteiger partial charge >= 0.3 is 132 Å². The first-order chi connectivity index (χ1) is 9.90. The first-order valence-corrected chi connectivity index (χ1v) is 10.4. The van der Waals surface area contributed by atoms with Crippen molar-refractivity contribution in [3.63, 3.8) is 0 Å². The van der Waals surface area contributed by atoms with Crippen molar-refractivity contribution in [2.45, 2.75) is 0 Å². The van der Waals surface area contributed by atoms with Gasteiger partial charge in [-0.2, -0.15) is 0 Å². The third-order valence-corrected chi connectivity index (χ3v) is 9.66. The van der Waals surface area contributed by atoms with Crippen LogP contribution in [-0.4, -0.2) is 39.2 Å². The molecule has 0 aliphatic carbocycles. The van der Waals surface area contributed by atoms with E-state index in [9.17, 15) is 0 Å². The third kappa shape index (κ3) is 2.28. The number of hydrogen-bond acceptors (Lipinski definition) is 0. The summed E-state index contributed by atoms with van der Waals surface area (Å²) in [5.41, 5.74) is 2.82. The Morgan fingerprint density at radius 2 is 0.950 bits per heavy atom. The Kier molecular flexibility index (Phi) is 3.30. The second-order valence-corrected chi connectivity index (χ2v) is 9.76. The van der Waals surface area contributed by atoms with Crippen molar-refractivity contribution < 1.29 is 0 Å². The van der Waals surface area contributed by atoms with Gasteiger partial charge in [-0.05, 0) is 0 Å². The van der Waals surface area contributed by atoms with E-state index in [0.717, 1.165) is 0 Å². The van der Waals surface area contributed by atoms with Crippen molar-refractivity contribution in [2.24, 2.45) is 0 Å². The van der Waals surface area contributed by atoms with Gasteiger partial charge in [0.15, 0.2) is 0 Å². The molecule has 4 rings (SSSR count). The molecule has 0 atom stereocenters. The Morgan fingerprint density at radius 3 is 1.45 bits per heavy atom. The van der Waals surface area contributed by atoms with Crippen LogP contribution < -0.4 is 8.70 Å². The zero-order chi connectivity index (χ0) is 13.4. The summed E-state index contributed by atoms with van der Waals surface area (Å²) < 4.78 is 6.26. The number of allylic oxidation sites excluding steroid dienone is 2. The van der Waals surface area contributed by atoms with Crippen LogP contribution in [0.5, 0.6) is 0 Å². The molecule has 2 aliphatic heterocycles. The SMILES string of the molecule is C1=Cc2ccccc2[As]=C1C1=[As]c2ccccc2C=C1. The molecule has 0 unspecified atom stereocenters. The van der Waals surface area contributed by atoms with Crippen molar-refractivity contribution in [3.8, 4) is 0 Å². The van der Waals surface area contributed by atoms with Gasteiger partial charge in [0.2, 0.25) is 0 Å². The van der Waals surface area contributed by atoms with Gasteiger partial charge in [0.1, 0.15) is 0 Å². The van der Waals surface area contributed by atoms with Crippen LogP contribution in [-0.2, 0) is 0 Å². The van der Waals surface area contributed by atoms with Crippen LogP contribution in [0.2, 0.25) is 0 Å². The number of fused-ring (bicyclic) bond motifs is 2. The summed E-state index contributed by atoms with van der Waals surface area (Å²) in [5, 5.41) is 0. The van der Waals surface area contributed by atoms with Crippen LogP contribution in [0, 0.1) is 0 Å². The van der Waals surface area contributed by atoms with E-state index >= 15 is 0 Å². The van der Waals surface area contributed by atoms with E-state index in [1.54, 1.807) is 17.3 Å². The summed E-state index contributed by atoms with van der Waals surface area (Å²) in [6.45, 7) is 0. The maximum atomic E-state index is 2.35. The van der Waals surface area contributed by atoms with Gasteiger partial charge in [-0.25, -0.2) is 0 Å². The second-order valence-electron chi connectivity index (χ2n) is 4.78. The van der Waals surface area contributed by atoms with Gasteiger partial charge in [-0.1, -0.05) is 0 Å². The molecule has 0 N–H and O–H groups in total. The zero-order valence-corrected chi connectivity index (χ0v) is 14.6. The molecular weight excluding hydrogens is 366 g/mol. The summed E-state index contributed by atoms with van der Waals surface area (Å²) in [6, 6.07) is 17.6. The van der Waals surface area contributed by atoms with Crippen molar-refractivity contribution in [1.29, 1.82) is 0 Å². The summed E-state index contributed by atoms with van der Waals surface area (Å²) >= 11 is 0.280. The minimum absolute atomic E-state index is 0.140. The quantitative estimate of drug-likeness (QED) is 0.660. The van der Waals surface area contributed by atoms with E-state index in [2.05, 4.69) is 72.8 Å². The average Bonchev–Trinajstić information content (AvgIpc) is 2.54. The first kappa shape index (κ1) is 12.5. The van der Waals surface area contributed by atoms with E-state index in [4.69, 9.17) is 0 Å². The molecule has 0 bridgehead atoms. The van der Waals surface area contributed by atoms with Crippen LogP contribution in [0.25, 0.3) is 12.2 Å². The van der Waals surface area contributed by atoms with E-state index in [1.807, 2.05) is 0 Å². The monoisotopic (exact) mass is 378 g/mol. The van der Waals surface area contributed by atoms with Gasteiger partial charge in [-0.3, -0.25) is 0 Å². The number of benzene rings is 2. The molecule has 2 aromatic rings. The van der Waals surface area contributed by atoms with Crippen LogP contribution in [0.1, 0.15) is 11.1 Å². The van der Waals surface area contributed by atoms with Gasteiger partial charge < -0.3 is 0 Å². The molecule has 2 heterocycles. The van der Waals surface area contributed by atoms with Crippen molar-refractivity contribution in [2.75, 3.05) is 0 Å². The molecule has 0 spiro atoms. The van der Waals surface area contributed by atoms with E-state index in [1.165, 1.54) is 11.1 Å². The fourth-order valence-electron chi connectivity index (χ4n) is 2.42. The summed E-state index contributed by atoms with van der Waals surface area (Å²) in [5.74, 6) is 0. The molecule has 0 radical (unpaired) electrons. The Morgan fingerprint density at radius 1 is 0.500 bits per heavy atom. The molecule has 2 aliphatic rings. The molecule has 94 valence electrons. The van der Waals surface area contributed by atoms with E-state index in [-0.39, 0.29) is 30.6 Å². The van der Waals surface area contributed by atoms with Crippen molar-refractivity contribution in [1.82, 2.24) is 0 Å². The standard InChI is InChI=1S/C18H12As2/c1-3-7-15-13(5-1)9-11-17(19-15)18-12-10-14-6-2-4-8-16(14)20-18/h1-12H. The van der Waals surface area contributed by atoms with E-state index in [0.29, 0.717) is 0 Å². The molecular formula is C18H12As2.